The number of carboxylic acid groups (broad SMARTS) is 1. The minimum Gasteiger partial charge on any atom is -0.507 e. The summed E-state index contributed by atoms with van der Waals surface area (Å²) < 4.78 is 0. The van der Waals surface area contributed by atoms with Crippen LogP contribution in [0.3, 0.4) is 0 Å². The molecule has 17 heavy (non-hydrogen) atoms. The number of rotatable bonds is 3. The minimum absolute atomic E-state index is 0.151. The number of ketones is 1. The number of hydrogen-bond donors (Lipinski definition) is 2. The van der Waals surface area contributed by atoms with E-state index in [0.29, 0.717) is 0 Å². The second-order valence-corrected chi connectivity index (χ2v) is 4.03. The summed E-state index contributed by atoms with van der Waals surface area (Å²) in [5.41, 5.74) is 0.631. The van der Waals surface area contributed by atoms with Crippen LogP contribution in [0, 0.1) is 0 Å². The fraction of sp³-hybridized carbons (Fsp3) is 0.333. The van der Waals surface area contributed by atoms with Crippen LogP contribution < -0.4 is 4.90 Å². The molecule has 90 valence electrons. The molecule has 2 N–H and O–H groups in total. The third-order valence-electron chi connectivity index (χ3n) is 2.89. The van der Waals surface area contributed by atoms with Crippen molar-refractivity contribution >= 4 is 17.4 Å². The van der Waals surface area contributed by atoms with Gasteiger partial charge in [0.15, 0.2) is 0 Å². The van der Waals surface area contributed by atoms with Crippen molar-refractivity contribution in [2.75, 3.05) is 18.0 Å². The smallest absolute Gasteiger partial charge is 0.377 e. The normalized spacial score (nSPS) is 14.9. The number of nitrogens with zero attached hydrogens (tertiary/aromatic N) is 1. The number of phenolic OH excluding ortho intramolecular Hbond substituents is 1. The predicted molar refractivity (Wildman–Crippen MR) is 61.5 cm³/mol. The van der Waals surface area contributed by atoms with Gasteiger partial charge in [-0.25, -0.2) is 4.79 Å². The van der Waals surface area contributed by atoms with E-state index >= 15 is 0 Å². The van der Waals surface area contributed by atoms with Gasteiger partial charge in [-0.15, -0.1) is 0 Å². The number of phenols is 1. The molecule has 0 amide bonds. The van der Waals surface area contributed by atoms with E-state index in [9.17, 15) is 14.7 Å². The van der Waals surface area contributed by atoms with Crippen LogP contribution in [-0.2, 0) is 4.79 Å². The Bertz CT molecular complexity index is 464. The highest BCUT2D eigenvalue weighted by Gasteiger charge is 2.21. The Labute approximate surface area is 98.3 Å². The van der Waals surface area contributed by atoms with Gasteiger partial charge >= 0.3 is 5.97 Å². The lowest BCUT2D eigenvalue weighted by molar-refractivity contribution is -0.131. The second kappa shape index (κ2) is 4.45. The van der Waals surface area contributed by atoms with Crippen LogP contribution in [0.5, 0.6) is 5.75 Å². The third-order valence-corrected chi connectivity index (χ3v) is 2.89. The molecular weight excluding hydrogens is 222 g/mol. The molecule has 1 saturated heterocycles. The summed E-state index contributed by atoms with van der Waals surface area (Å²) in [5, 5.41) is 18.1. The summed E-state index contributed by atoms with van der Waals surface area (Å²) >= 11 is 0. The maximum absolute atomic E-state index is 11.4. The van der Waals surface area contributed by atoms with Crippen molar-refractivity contribution in [1.29, 1.82) is 0 Å². The van der Waals surface area contributed by atoms with Crippen molar-refractivity contribution in [2.45, 2.75) is 12.8 Å². The molecule has 0 aliphatic carbocycles. The molecule has 5 nitrogen and oxygen atoms in total. The Morgan fingerprint density at radius 1 is 1.18 bits per heavy atom. The Hall–Kier alpha value is -2.04. The first-order valence-corrected chi connectivity index (χ1v) is 5.45. The second-order valence-electron chi connectivity index (χ2n) is 4.03. The zero-order valence-electron chi connectivity index (χ0n) is 9.22. The standard InChI is InChI=1S/C12H13NO4/c14-10-4-3-8(13-5-1-2-6-13)7-9(10)11(15)12(16)17/h3-4,7,14H,1-2,5-6H2,(H,16,17). The van der Waals surface area contributed by atoms with Crippen LogP contribution in [-0.4, -0.2) is 35.1 Å². The molecular formula is C12H13NO4. The number of aromatic hydroxyl groups is 1. The van der Waals surface area contributed by atoms with E-state index < -0.39 is 11.8 Å². The summed E-state index contributed by atoms with van der Waals surface area (Å²) in [4.78, 5) is 24.0. The summed E-state index contributed by atoms with van der Waals surface area (Å²) in [5.74, 6) is -2.93. The molecule has 1 aliphatic heterocycles. The van der Waals surface area contributed by atoms with E-state index in [1.165, 1.54) is 12.1 Å². The van der Waals surface area contributed by atoms with Gasteiger partial charge in [0, 0.05) is 18.8 Å². The van der Waals surface area contributed by atoms with E-state index in [4.69, 9.17) is 5.11 Å². The van der Waals surface area contributed by atoms with Gasteiger partial charge in [0.05, 0.1) is 5.56 Å². The molecule has 1 aliphatic rings. The molecule has 1 heterocycles. The summed E-state index contributed by atoms with van der Waals surface area (Å²) in [6, 6.07) is 4.50. The Balaban J connectivity index is 2.35. The fourth-order valence-electron chi connectivity index (χ4n) is 1.99. The van der Waals surface area contributed by atoms with Gasteiger partial charge in [0.2, 0.25) is 0 Å². The lowest BCUT2D eigenvalue weighted by atomic mass is 10.1. The fourth-order valence-corrected chi connectivity index (χ4v) is 1.99. The summed E-state index contributed by atoms with van der Waals surface area (Å²) in [7, 11) is 0. The van der Waals surface area contributed by atoms with Crippen molar-refractivity contribution in [2.24, 2.45) is 0 Å². The van der Waals surface area contributed by atoms with E-state index in [1.807, 2.05) is 0 Å². The molecule has 0 aromatic heterocycles. The number of carboxylic acids is 1. The molecule has 0 atom stereocenters. The van der Waals surface area contributed by atoms with E-state index in [-0.39, 0.29) is 11.3 Å². The van der Waals surface area contributed by atoms with Gasteiger partial charge in [-0.1, -0.05) is 0 Å². The highest BCUT2D eigenvalue weighted by Crippen LogP contribution is 2.26. The SMILES string of the molecule is O=C(O)C(=O)c1cc(N2CCCC2)ccc1O. The average molecular weight is 235 g/mol. The Kier molecular flexibility index (Phi) is 2.99. The monoisotopic (exact) mass is 235 g/mol. The van der Waals surface area contributed by atoms with E-state index in [1.54, 1.807) is 6.07 Å². The summed E-state index contributed by atoms with van der Waals surface area (Å²) in [6.07, 6.45) is 2.17. The minimum atomic E-state index is -1.56. The number of benzene rings is 1. The van der Waals surface area contributed by atoms with Gasteiger partial charge in [-0.05, 0) is 31.0 Å². The molecule has 2 rings (SSSR count). The Morgan fingerprint density at radius 3 is 2.41 bits per heavy atom. The molecule has 0 bridgehead atoms. The van der Waals surface area contributed by atoms with Gasteiger partial charge < -0.3 is 15.1 Å². The number of anilines is 1. The molecule has 0 radical (unpaired) electrons. The topological polar surface area (TPSA) is 77.8 Å². The van der Waals surface area contributed by atoms with Crippen molar-refractivity contribution in [1.82, 2.24) is 0 Å². The maximum Gasteiger partial charge on any atom is 0.377 e. The predicted octanol–water partition coefficient (Wildman–Crippen LogP) is 1.26. The van der Waals surface area contributed by atoms with Crippen LogP contribution in [0.1, 0.15) is 23.2 Å². The molecule has 5 heteroatoms. The molecule has 0 unspecified atom stereocenters. The van der Waals surface area contributed by atoms with Crippen molar-refractivity contribution in [3.8, 4) is 5.75 Å². The van der Waals surface area contributed by atoms with Gasteiger partial charge in [0.25, 0.3) is 5.78 Å². The number of hydrogen-bond acceptors (Lipinski definition) is 4. The van der Waals surface area contributed by atoms with Crippen LogP contribution in [0.25, 0.3) is 0 Å². The van der Waals surface area contributed by atoms with Crippen LogP contribution >= 0.6 is 0 Å². The van der Waals surface area contributed by atoms with Crippen molar-refractivity contribution < 1.29 is 19.8 Å². The van der Waals surface area contributed by atoms with E-state index in [0.717, 1.165) is 31.6 Å². The van der Waals surface area contributed by atoms with Gasteiger partial charge in [-0.2, -0.15) is 0 Å². The maximum atomic E-state index is 11.4. The molecule has 1 aromatic carbocycles. The highest BCUT2D eigenvalue weighted by molar-refractivity contribution is 6.40. The van der Waals surface area contributed by atoms with Gasteiger partial charge in [0.1, 0.15) is 5.75 Å². The van der Waals surface area contributed by atoms with E-state index in [2.05, 4.69) is 4.90 Å². The summed E-state index contributed by atoms with van der Waals surface area (Å²) in [6.45, 7) is 1.79. The molecule has 1 fully saturated rings. The number of carbonyl (C=O) groups excluding carboxylic acids is 1. The first-order valence-electron chi connectivity index (χ1n) is 5.45. The molecule has 1 aromatic rings. The molecule has 0 saturated carbocycles. The Morgan fingerprint density at radius 2 is 1.82 bits per heavy atom. The first kappa shape index (κ1) is 11.4. The zero-order valence-corrected chi connectivity index (χ0v) is 9.22. The number of aliphatic carboxylic acids is 1. The van der Waals surface area contributed by atoms with Crippen LogP contribution in [0.2, 0.25) is 0 Å². The first-order chi connectivity index (χ1) is 8.09. The van der Waals surface area contributed by atoms with Crippen LogP contribution in [0.15, 0.2) is 18.2 Å². The highest BCUT2D eigenvalue weighted by atomic mass is 16.4. The van der Waals surface area contributed by atoms with Crippen molar-refractivity contribution in [3.05, 3.63) is 23.8 Å². The number of carbonyl (C=O) groups is 2. The average Bonchev–Trinajstić information content (AvgIpc) is 2.82. The van der Waals surface area contributed by atoms with Crippen molar-refractivity contribution in [3.63, 3.8) is 0 Å². The molecule has 0 spiro atoms. The lowest BCUT2D eigenvalue weighted by Crippen LogP contribution is -2.19. The zero-order chi connectivity index (χ0) is 12.4. The third kappa shape index (κ3) is 2.22. The van der Waals surface area contributed by atoms with Crippen LogP contribution in [0.4, 0.5) is 5.69 Å². The lowest BCUT2D eigenvalue weighted by Gasteiger charge is -2.18. The van der Waals surface area contributed by atoms with Gasteiger partial charge in [-0.3, -0.25) is 4.79 Å². The largest absolute Gasteiger partial charge is 0.507 e. The quantitative estimate of drug-likeness (QED) is 0.609. The number of Topliss-reactive ketones (excluding diaryl/α,β-unsaturated/α-hetero) is 1.